The largest absolute Gasteiger partial charge is 0.433 e. The third-order valence-corrected chi connectivity index (χ3v) is 5.41. The molecule has 160 valence electrons. The number of urea groups is 1. The minimum Gasteiger partial charge on any atom is -0.433 e. The lowest BCUT2D eigenvalue weighted by atomic mass is 10.1. The Hall–Kier alpha value is -2.42. The van der Waals surface area contributed by atoms with Gasteiger partial charge in [-0.15, -0.1) is 0 Å². The summed E-state index contributed by atoms with van der Waals surface area (Å²) in [5, 5.41) is 2.70. The van der Waals surface area contributed by atoms with Gasteiger partial charge in [-0.3, -0.25) is 9.69 Å². The Bertz CT molecular complexity index is 718. The number of benzene rings is 1. The first kappa shape index (κ1) is 21.3. The zero-order valence-electron chi connectivity index (χ0n) is 16.7. The maximum atomic E-state index is 12.6. The minimum atomic E-state index is -2.96. The smallest absolute Gasteiger partial charge is 0.387 e. The lowest BCUT2D eigenvalue weighted by molar-refractivity contribution is -0.133. The maximum Gasteiger partial charge on any atom is 0.387 e. The summed E-state index contributed by atoms with van der Waals surface area (Å²) in [4.78, 5) is 30.6. The molecular formula is C20H28F2N4O3. The molecule has 2 aliphatic heterocycles. The van der Waals surface area contributed by atoms with E-state index in [1.165, 1.54) is 12.5 Å². The Labute approximate surface area is 169 Å². The standard InChI is InChI=1S/C20H28F2N4O3/c1-15-6-5-7-16(29-19(21)22)18(15)23-20(28)26-12-10-24(11-13-26)14-17(27)25-8-3-2-4-9-25/h5-7,19H,2-4,8-14H2,1H3,(H,23,28). The first-order valence-corrected chi connectivity index (χ1v) is 10.0. The average molecular weight is 410 g/mol. The van der Waals surface area contributed by atoms with Gasteiger partial charge in [0.15, 0.2) is 0 Å². The van der Waals surface area contributed by atoms with Crippen LogP contribution < -0.4 is 10.1 Å². The van der Waals surface area contributed by atoms with Gasteiger partial charge in [0.05, 0.1) is 12.2 Å². The molecule has 2 saturated heterocycles. The lowest BCUT2D eigenvalue weighted by Crippen LogP contribution is -2.52. The second-order valence-corrected chi connectivity index (χ2v) is 7.46. The molecule has 2 aliphatic rings. The number of likely N-dealkylation sites (tertiary alicyclic amines) is 1. The van der Waals surface area contributed by atoms with E-state index >= 15 is 0 Å². The molecule has 9 heteroatoms. The number of hydrogen-bond donors (Lipinski definition) is 1. The molecule has 3 rings (SSSR count). The van der Waals surface area contributed by atoms with Gasteiger partial charge in [-0.1, -0.05) is 12.1 Å². The quantitative estimate of drug-likeness (QED) is 0.811. The van der Waals surface area contributed by atoms with Crippen molar-refractivity contribution >= 4 is 17.6 Å². The third-order valence-electron chi connectivity index (χ3n) is 5.41. The first-order chi connectivity index (χ1) is 13.9. The van der Waals surface area contributed by atoms with Crippen molar-refractivity contribution in [2.75, 3.05) is 51.1 Å². The maximum absolute atomic E-state index is 12.6. The number of amides is 3. The summed E-state index contributed by atoms with van der Waals surface area (Å²) < 4.78 is 29.8. The summed E-state index contributed by atoms with van der Waals surface area (Å²) in [5.74, 6) is 0.0930. The predicted molar refractivity (Wildman–Crippen MR) is 105 cm³/mol. The number of carbonyl (C=O) groups is 2. The number of nitrogens with one attached hydrogen (secondary N) is 1. The summed E-state index contributed by atoms with van der Waals surface area (Å²) in [7, 11) is 0. The van der Waals surface area contributed by atoms with Gasteiger partial charge in [0.25, 0.3) is 0 Å². The predicted octanol–water partition coefficient (Wildman–Crippen LogP) is 2.76. The van der Waals surface area contributed by atoms with Gasteiger partial charge in [0.1, 0.15) is 5.75 Å². The van der Waals surface area contributed by atoms with E-state index in [0.717, 1.165) is 25.9 Å². The van der Waals surface area contributed by atoms with E-state index < -0.39 is 6.61 Å². The van der Waals surface area contributed by atoms with Crippen LogP contribution in [0.3, 0.4) is 0 Å². The SMILES string of the molecule is Cc1cccc(OC(F)F)c1NC(=O)N1CCN(CC(=O)N2CCCCC2)CC1. The number of aryl methyl sites for hydroxylation is 1. The van der Waals surface area contributed by atoms with Crippen molar-refractivity contribution in [3.8, 4) is 5.75 Å². The Morgan fingerprint density at radius 1 is 1.03 bits per heavy atom. The number of piperidine rings is 1. The molecule has 29 heavy (non-hydrogen) atoms. The number of hydrogen-bond acceptors (Lipinski definition) is 4. The van der Waals surface area contributed by atoms with Gasteiger partial charge in [-0.2, -0.15) is 8.78 Å². The van der Waals surface area contributed by atoms with Crippen LogP contribution in [0.15, 0.2) is 18.2 Å². The van der Waals surface area contributed by atoms with Crippen molar-refractivity contribution in [1.29, 1.82) is 0 Å². The number of para-hydroxylation sites is 1. The van der Waals surface area contributed by atoms with Crippen LogP contribution in [0.1, 0.15) is 24.8 Å². The first-order valence-electron chi connectivity index (χ1n) is 10.0. The van der Waals surface area contributed by atoms with E-state index in [2.05, 4.69) is 15.0 Å². The van der Waals surface area contributed by atoms with E-state index in [0.29, 0.717) is 38.3 Å². The molecule has 0 bridgehead atoms. The second-order valence-electron chi connectivity index (χ2n) is 7.46. The summed E-state index contributed by atoms with van der Waals surface area (Å²) >= 11 is 0. The number of piperazine rings is 1. The highest BCUT2D eigenvalue weighted by Crippen LogP contribution is 2.29. The number of halogens is 2. The van der Waals surface area contributed by atoms with E-state index in [-0.39, 0.29) is 23.4 Å². The monoisotopic (exact) mass is 410 g/mol. The molecule has 0 aromatic heterocycles. The molecule has 0 radical (unpaired) electrons. The molecule has 2 heterocycles. The van der Waals surface area contributed by atoms with Crippen molar-refractivity contribution in [1.82, 2.24) is 14.7 Å². The lowest BCUT2D eigenvalue weighted by Gasteiger charge is -2.36. The highest BCUT2D eigenvalue weighted by molar-refractivity contribution is 5.92. The zero-order valence-corrected chi connectivity index (χ0v) is 16.7. The molecule has 3 amide bonds. The zero-order chi connectivity index (χ0) is 20.8. The molecule has 0 atom stereocenters. The van der Waals surface area contributed by atoms with Crippen molar-refractivity contribution in [3.05, 3.63) is 23.8 Å². The van der Waals surface area contributed by atoms with Crippen molar-refractivity contribution in [3.63, 3.8) is 0 Å². The average Bonchev–Trinajstić information content (AvgIpc) is 2.71. The summed E-state index contributed by atoms with van der Waals surface area (Å²) in [5.41, 5.74) is 0.891. The number of ether oxygens (including phenoxy) is 1. The molecular weight excluding hydrogens is 382 g/mol. The van der Waals surface area contributed by atoms with Gasteiger partial charge in [-0.25, -0.2) is 4.79 Å². The van der Waals surface area contributed by atoms with Gasteiger partial charge >= 0.3 is 12.6 Å². The minimum absolute atomic E-state index is 0.0564. The van der Waals surface area contributed by atoms with E-state index in [9.17, 15) is 18.4 Å². The molecule has 1 N–H and O–H groups in total. The van der Waals surface area contributed by atoms with Gasteiger partial charge in [0, 0.05) is 39.3 Å². The fourth-order valence-corrected chi connectivity index (χ4v) is 3.72. The molecule has 0 aliphatic carbocycles. The van der Waals surface area contributed by atoms with Crippen molar-refractivity contribution in [2.24, 2.45) is 0 Å². The normalized spacial score (nSPS) is 18.1. The third kappa shape index (κ3) is 5.79. The van der Waals surface area contributed by atoms with Gasteiger partial charge in [0.2, 0.25) is 5.91 Å². The number of alkyl halides is 2. The Balaban J connectivity index is 1.51. The Kier molecular flexibility index (Phi) is 7.24. The van der Waals surface area contributed by atoms with Crippen LogP contribution in [-0.2, 0) is 4.79 Å². The topological polar surface area (TPSA) is 65.1 Å². The molecule has 0 unspecified atom stereocenters. The number of carbonyl (C=O) groups excluding carboxylic acids is 2. The van der Waals surface area contributed by atoms with Gasteiger partial charge < -0.3 is 19.9 Å². The molecule has 7 nitrogen and oxygen atoms in total. The van der Waals surface area contributed by atoms with E-state index in [1.54, 1.807) is 24.0 Å². The van der Waals surface area contributed by atoms with Crippen LogP contribution in [0, 0.1) is 6.92 Å². The number of nitrogens with zero attached hydrogens (tertiary/aromatic N) is 3. The highest BCUT2D eigenvalue weighted by atomic mass is 19.3. The van der Waals surface area contributed by atoms with Crippen molar-refractivity contribution < 1.29 is 23.1 Å². The van der Waals surface area contributed by atoms with Crippen LogP contribution in [0.25, 0.3) is 0 Å². The second kappa shape index (κ2) is 9.87. The van der Waals surface area contributed by atoms with E-state index in [4.69, 9.17) is 0 Å². The molecule has 1 aromatic carbocycles. The molecule has 2 fully saturated rings. The van der Waals surface area contributed by atoms with Crippen LogP contribution in [0.4, 0.5) is 19.3 Å². The Morgan fingerprint density at radius 3 is 2.38 bits per heavy atom. The van der Waals surface area contributed by atoms with Crippen LogP contribution in [-0.4, -0.2) is 79.1 Å². The van der Waals surface area contributed by atoms with Crippen molar-refractivity contribution in [2.45, 2.75) is 32.8 Å². The van der Waals surface area contributed by atoms with Crippen LogP contribution >= 0.6 is 0 Å². The van der Waals surface area contributed by atoms with Crippen LogP contribution in [0.5, 0.6) is 5.75 Å². The number of anilines is 1. The summed E-state index contributed by atoms with van der Waals surface area (Å²) in [6.45, 7) is 2.93. The Morgan fingerprint density at radius 2 is 1.72 bits per heavy atom. The van der Waals surface area contributed by atoms with Gasteiger partial charge in [-0.05, 0) is 37.8 Å². The molecule has 0 spiro atoms. The molecule has 0 saturated carbocycles. The highest BCUT2D eigenvalue weighted by Gasteiger charge is 2.25. The molecule has 1 aromatic rings. The number of rotatable bonds is 5. The van der Waals surface area contributed by atoms with Crippen LogP contribution in [0.2, 0.25) is 0 Å². The summed E-state index contributed by atoms with van der Waals surface area (Å²) in [6.07, 6.45) is 3.31. The summed E-state index contributed by atoms with van der Waals surface area (Å²) in [6, 6.07) is 4.36. The van der Waals surface area contributed by atoms with E-state index in [1.807, 2.05) is 4.90 Å². The fraction of sp³-hybridized carbons (Fsp3) is 0.600. The fourth-order valence-electron chi connectivity index (χ4n) is 3.72.